The number of ether oxygens (including phenoxy) is 2. The fourth-order valence-corrected chi connectivity index (χ4v) is 7.24. The third-order valence-corrected chi connectivity index (χ3v) is 11.3. The van der Waals surface area contributed by atoms with Crippen molar-refractivity contribution in [3.8, 4) is 0 Å². The maximum atomic E-state index is 12.7. The van der Waals surface area contributed by atoms with Gasteiger partial charge in [-0.05, 0) is 96.3 Å². The van der Waals surface area contributed by atoms with Crippen LogP contribution in [0, 0.1) is 0 Å². The van der Waals surface area contributed by atoms with Gasteiger partial charge in [-0.2, -0.15) is 0 Å². The molecule has 0 aliphatic rings. The van der Waals surface area contributed by atoms with Crippen LogP contribution in [0.4, 0.5) is 0 Å². The van der Waals surface area contributed by atoms with Gasteiger partial charge in [0, 0.05) is 13.0 Å². The van der Waals surface area contributed by atoms with Crippen molar-refractivity contribution in [1.82, 2.24) is 0 Å². The summed E-state index contributed by atoms with van der Waals surface area (Å²) in [5.74, 6) is -1.80. The number of nitrogens with two attached hydrogens (primary N) is 1. The van der Waals surface area contributed by atoms with E-state index in [1.807, 2.05) is 0 Å². The van der Waals surface area contributed by atoms with Crippen LogP contribution in [0.2, 0.25) is 0 Å². The molecule has 0 amide bonds. The molecule has 0 rings (SSSR count). The lowest BCUT2D eigenvalue weighted by Gasteiger charge is -2.20. The third-order valence-electron chi connectivity index (χ3n) is 10.3. The Morgan fingerprint density at radius 2 is 0.892 bits per heavy atom. The van der Waals surface area contributed by atoms with Crippen LogP contribution in [0.5, 0.6) is 0 Å². The SMILES string of the molecule is CC/C=C\C/C=C\C/C=C\C/C=C\C/C=C\C/C=C\CCCCCOCC(COP(=O)(O)OCC(N)C(=O)O)OC(=O)CCCCCCCCCCC/C=C\C/C=C\CCCCCCC. The van der Waals surface area contributed by atoms with Crippen molar-refractivity contribution in [3.63, 3.8) is 0 Å². The number of carboxylic acids is 1. The molecule has 0 heterocycles. The maximum Gasteiger partial charge on any atom is 0.472 e. The molecule has 0 radical (unpaired) electrons. The first kappa shape index (κ1) is 61.9. The van der Waals surface area contributed by atoms with Crippen molar-refractivity contribution in [2.75, 3.05) is 26.4 Å². The molecule has 0 saturated heterocycles. The number of unbranched alkanes of at least 4 members (excludes halogenated alkanes) is 17. The average Bonchev–Trinajstić information content (AvgIpc) is 3.29. The van der Waals surface area contributed by atoms with Crippen molar-refractivity contribution in [2.24, 2.45) is 5.73 Å². The molecule has 0 bridgehead atoms. The van der Waals surface area contributed by atoms with Gasteiger partial charge in [0.2, 0.25) is 0 Å². The topological polar surface area (TPSA) is 155 Å². The van der Waals surface area contributed by atoms with Gasteiger partial charge in [-0.3, -0.25) is 18.6 Å². The number of carbonyl (C=O) groups is 2. The Kier molecular flexibility index (Phi) is 46.5. The van der Waals surface area contributed by atoms with Crippen molar-refractivity contribution < 1.29 is 42.7 Å². The highest BCUT2D eigenvalue weighted by Crippen LogP contribution is 2.43. The van der Waals surface area contributed by atoms with Gasteiger partial charge < -0.3 is 25.2 Å². The van der Waals surface area contributed by atoms with E-state index in [-0.39, 0.29) is 13.0 Å². The summed E-state index contributed by atoms with van der Waals surface area (Å²) in [6.07, 6.45) is 64.6. The summed E-state index contributed by atoms with van der Waals surface area (Å²) in [6, 6.07) is -1.49. The van der Waals surface area contributed by atoms with E-state index >= 15 is 0 Å². The average molecular weight is 930 g/mol. The summed E-state index contributed by atoms with van der Waals surface area (Å²) in [5.41, 5.74) is 5.37. The fraction of sp³-hybridized carbons (Fsp3) is 0.667. The van der Waals surface area contributed by atoms with Crippen LogP contribution in [0.1, 0.15) is 194 Å². The lowest BCUT2D eigenvalue weighted by atomic mass is 10.1. The monoisotopic (exact) mass is 930 g/mol. The van der Waals surface area contributed by atoms with E-state index < -0.39 is 45.1 Å². The second-order valence-corrected chi connectivity index (χ2v) is 18.0. The van der Waals surface area contributed by atoms with Crippen LogP contribution in [-0.2, 0) is 32.7 Å². The quantitative estimate of drug-likeness (QED) is 0.0232. The third kappa shape index (κ3) is 48.6. The van der Waals surface area contributed by atoms with E-state index in [4.69, 9.17) is 29.4 Å². The molecule has 0 spiro atoms. The molecule has 0 aromatic heterocycles. The molecular formula is C54H92NO9P. The summed E-state index contributed by atoms with van der Waals surface area (Å²) in [7, 11) is -4.64. The van der Waals surface area contributed by atoms with Gasteiger partial charge >= 0.3 is 19.8 Å². The first-order valence-electron chi connectivity index (χ1n) is 25.3. The molecule has 372 valence electrons. The summed E-state index contributed by atoms with van der Waals surface area (Å²) in [5, 5.41) is 8.93. The highest BCUT2D eigenvalue weighted by atomic mass is 31.2. The Morgan fingerprint density at radius 3 is 1.34 bits per heavy atom. The number of hydrogen-bond acceptors (Lipinski definition) is 8. The summed E-state index contributed by atoms with van der Waals surface area (Å²) in [6.45, 7) is 3.67. The Morgan fingerprint density at radius 1 is 0.508 bits per heavy atom. The lowest BCUT2D eigenvalue weighted by molar-refractivity contribution is -0.154. The van der Waals surface area contributed by atoms with Crippen LogP contribution >= 0.6 is 7.82 Å². The zero-order chi connectivity index (χ0) is 47.6. The first-order valence-corrected chi connectivity index (χ1v) is 26.8. The van der Waals surface area contributed by atoms with Gasteiger partial charge in [-0.15, -0.1) is 0 Å². The summed E-state index contributed by atoms with van der Waals surface area (Å²) >= 11 is 0. The number of esters is 1. The molecule has 3 unspecified atom stereocenters. The number of hydrogen-bond donors (Lipinski definition) is 3. The van der Waals surface area contributed by atoms with E-state index in [0.717, 1.165) is 96.3 Å². The predicted molar refractivity (Wildman–Crippen MR) is 272 cm³/mol. The second-order valence-electron chi connectivity index (χ2n) is 16.6. The van der Waals surface area contributed by atoms with Gasteiger partial charge in [0.25, 0.3) is 0 Å². The van der Waals surface area contributed by atoms with E-state index in [2.05, 4.69) is 111 Å². The summed E-state index contributed by atoms with van der Waals surface area (Å²) < 4.78 is 33.5. The van der Waals surface area contributed by atoms with Crippen LogP contribution in [0.25, 0.3) is 0 Å². The molecule has 0 aliphatic carbocycles. The van der Waals surface area contributed by atoms with Gasteiger partial charge in [0.1, 0.15) is 12.1 Å². The zero-order valence-electron chi connectivity index (χ0n) is 40.8. The Bertz CT molecular complexity index is 1400. The number of aliphatic carboxylic acids is 1. The normalized spacial score (nSPS) is 14.5. The first-order chi connectivity index (χ1) is 31.7. The molecule has 11 heteroatoms. The molecule has 0 fully saturated rings. The second kappa shape index (κ2) is 48.8. The molecule has 10 nitrogen and oxygen atoms in total. The van der Waals surface area contributed by atoms with E-state index in [0.29, 0.717) is 13.0 Å². The molecule has 3 atom stereocenters. The minimum Gasteiger partial charge on any atom is -0.480 e. The van der Waals surface area contributed by atoms with Crippen LogP contribution < -0.4 is 5.73 Å². The summed E-state index contributed by atoms with van der Waals surface area (Å²) in [4.78, 5) is 33.7. The molecule has 65 heavy (non-hydrogen) atoms. The van der Waals surface area contributed by atoms with Crippen LogP contribution in [0.15, 0.2) is 97.2 Å². The fourth-order valence-electron chi connectivity index (χ4n) is 6.46. The smallest absolute Gasteiger partial charge is 0.472 e. The molecular weight excluding hydrogens is 838 g/mol. The Balaban J connectivity index is 4.26. The molecule has 0 aromatic carbocycles. The van der Waals surface area contributed by atoms with Crippen molar-refractivity contribution >= 4 is 19.8 Å². The Hall–Kier alpha value is -3.11. The van der Waals surface area contributed by atoms with E-state index in [1.165, 1.54) is 70.6 Å². The zero-order valence-corrected chi connectivity index (χ0v) is 41.7. The van der Waals surface area contributed by atoms with E-state index in [9.17, 15) is 19.0 Å². The number of carboxylic acid groups (broad SMARTS) is 1. The minimum atomic E-state index is -4.64. The number of carbonyl (C=O) groups excluding carboxylic acids is 1. The van der Waals surface area contributed by atoms with Gasteiger partial charge in [-0.1, -0.05) is 188 Å². The largest absolute Gasteiger partial charge is 0.480 e. The van der Waals surface area contributed by atoms with Crippen molar-refractivity contribution in [3.05, 3.63) is 97.2 Å². The van der Waals surface area contributed by atoms with Crippen LogP contribution in [0.3, 0.4) is 0 Å². The number of rotatable bonds is 47. The highest BCUT2D eigenvalue weighted by Gasteiger charge is 2.27. The predicted octanol–water partition coefficient (Wildman–Crippen LogP) is 14.9. The molecule has 4 N–H and O–H groups in total. The number of phosphoric ester groups is 1. The van der Waals surface area contributed by atoms with Crippen molar-refractivity contribution in [2.45, 2.75) is 206 Å². The number of allylic oxidation sites excluding steroid dienone is 16. The van der Waals surface area contributed by atoms with Crippen molar-refractivity contribution in [1.29, 1.82) is 0 Å². The number of phosphoric acid groups is 1. The van der Waals surface area contributed by atoms with Gasteiger partial charge in [-0.25, -0.2) is 4.57 Å². The highest BCUT2D eigenvalue weighted by molar-refractivity contribution is 7.47. The van der Waals surface area contributed by atoms with E-state index in [1.54, 1.807) is 0 Å². The molecule has 0 aromatic rings. The lowest BCUT2D eigenvalue weighted by Crippen LogP contribution is -2.34. The van der Waals surface area contributed by atoms with Gasteiger partial charge in [0.05, 0.1) is 19.8 Å². The standard InChI is InChI=1S/C54H92NO9P/c1-3-5-7-9-11-13-15-17-19-21-23-25-27-29-31-33-35-37-39-41-43-45-47-61-48-51(49-62-65(59,60)63-50-52(55)54(57)58)64-53(56)46-44-42-40-38-36-34-32-30-28-26-24-22-20-18-16-14-12-10-8-6-4-2/h5,7,11,13,16-19,22-25,29,31,35,37,51-52H,3-4,6,8-10,12,14-15,20-21,26-28,30,32-34,36,38-50,55H2,1-2H3,(H,57,58)(H,59,60)/b7-5-,13-11-,18-16-,19-17-,24-22-,25-23-,31-29-,37-35-. The van der Waals surface area contributed by atoms with Crippen LogP contribution in [-0.4, -0.2) is 60.5 Å². The Labute approximate surface area is 396 Å². The minimum absolute atomic E-state index is 0.0134. The maximum absolute atomic E-state index is 12.7. The van der Waals surface area contributed by atoms with Gasteiger partial charge in [0.15, 0.2) is 0 Å². The molecule has 0 saturated carbocycles. The molecule has 0 aliphatic heterocycles.